The van der Waals surface area contributed by atoms with Gasteiger partial charge in [0.2, 0.25) is 0 Å². The summed E-state index contributed by atoms with van der Waals surface area (Å²) in [6, 6.07) is 2.74. The van der Waals surface area contributed by atoms with E-state index in [1.54, 1.807) is 0 Å². The quantitative estimate of drug-likeness (QED) is 0.820. The lowest BCUT2D eigenvalue weighted by Crippen LogP contribution is -2.39. The van der Waals surface area contributed by atoms with E-state index in [0.717, 1.165) is 13.0 Å². The molecule has 0 saturated carbocycles. The van der Waals surface area contributed by atoms with Gasteiger partial charge in [-0.15, -0.1) is 0 Å². The van der Waals surface area contributed by atoms with Gasteiger partial charge in [0.15, 0.2) is 0 Å². The molecule has 1 aliphatic rings. The molecule has 1 fully saturated rings. The van der Waals surface area contributed by atoms with Gasteiger partial charge in [-0.05, 0) is 54.4 Å². The molecule has 112 valence electrons. The molecule has 1 aliphatic heterocycles. The van der Waals surface area contributed by atoms with Crippen molar-refractivity contribution in [2.24, 2.45) is 5.92 Å². The second-order valence-electron chi connectivity index (χ2n) is 5.33. The molecular weight excluding hydrogens is 328 g/mol. The van der Waals surface area contributed by atoms with Gasteiger partial charge in [0, 0.05) is 17.5 Å². The predicted octanol–water partition coefficient (Wildman–Crippen LogP) is 3.67. The summed E-state index contributed by atoms with van der Waals surface area (Å²) in [7, 11) is 0. The summed E-state index contributed by atoms with van der Waals surface area (Å²) in [5.41, 5.74) is 0.143. The monoisotopic (exact) mass is 347 g/mol. The number of hydrogen-bond donors (Lipinski definition) is 1. The average Bonchev–Trinajstić information content (AvgIpc) is 2.84. The van der Waals surface area contributed by atoms with Crippen LogP contribution in [-0.4, -0.2) is 25.3 Å². The molecule has 2 rings (SSSR count). The lowest BCUT2D eigenvalue weighted by Gasteiger charge is -2.24. The SMILES string of the molecule is CCNC(Cc1c(F)ccc(Br)c1F)C1COC(C)C1. The van der Waals surface area contributed by atoms with Crippen LogP contribution in [-0.2, 0) is 11.2 Å². The van der Waals surface area contributed by atoms with Crippen molar-refractivity contribution in [3.63, 3.8) is 0 Å². The molecule has 0 amide bonds. The van der Waals surface area contributed by atoms with E-state index in [2.05, 4.69) is 21.2 Å². The number of halogens is 3. The van der Waals surface area contributed by atoms with Crippen LogP contribution in [0.25, 0.3) is 0 Å². The molecule has 1 saturated heterocycles. The van der Waals surface area contributed by atoms with Crippen LogP contribution in [0.3, 0.4) is 0 Å². The first-order valence-corrected chi connectivity index (χ1v) is 7.79. The molecule has 0 aliphatic carbocycles. The fourth-order valence-electron chi connectivity index (χ4n) is 2.77. The van der Waals surface area contributed by atoms with Gasteiger partial charge in [-0.2, -0.15) is 0 Å². The van der Waals surface area contributed by atoms with E-state index < -0.39 is 11.6 Å². The van der Waals surface area contributed by atoms with Gasteiger partial charge in [-0.25, -0.2) is 8.78 Å². The van der Waals surface area contributed by atoms with Gasteiger partial charge < -0.3 is 10.1 Å². The third-order valence-corrected chi connectivity index (χ3v) is 4.44. The molecular formula is C15H20BrF2NO. The molecule has 20 heavy (non-hydrogen) atoms. The lowest BCUT2D eigenvalue weighted by molar-refractivity contribution is 0.117. The van der Waals surface area contributed by atoms with Crippen LogP contribution in [0.5, 0.6) is 0 Å². The van der Waals surface area contributed by atoms with E-state index in [1.165, 1.54) is 12.1 Å². The summed E-state index contributed by atoms with van der Waals surface area (Å²) in [6.07, 6.45) is 1.49. The zero-order valence-corrected chi connectivity index (χ0v) is 13.3. The largest absolute Gasteiger partial charge is 0.378 e. The van der Waals surface area contributed by atoms with Crippen LogP contribution < -0.4 is 5.32 Å². The third-order valence-electron chi connectivity index (χ3n) is 3.83. The van der Waals surface area contributed by atoms with Crippen LogP contribution in [0.15, 0.2) is 16.6 Å². The molecule has 0 spiro atoms. The van der Waals surface area contributed by atoms with Gasteiger partial charge in [-0.3, -0.25) is 0 Å². The molecule has 1 heterocycles. The van der Waals surface area contributed by atoms with E-state index in [1.807, 2.05) is 13.8 Å². The third kappa shape index (κ3) is 3.57. The van der Waals surface area contributed by atoms with Crippen molar-refractivity contribution >= 4 is 15.9 Å². The first-order valence-electron chi connectivity index (χ1n) is 7.00. The minimum absolute atomic E-state index is 0.0308. The van der Waals surface area contributed by atoms with E-state index in [4.69, 9.17) is 4.74 Å². The smallest absolute Gasteiger partial charge is 0.143 e. The maximum absolute atomic E-state index is 14.1. The first-order chi connectivity index (χ1) is 9.52. The van der Waals surface area contributed by atoms with E-state index in [9.17, 15) is 8.78 Å². The highest BCUT2D eigenvalue weighted by Crippen LogP contribution is 2.28. The Morgan fingerprint density at radius 3 is 2.80 bits per heavy atom. The second kappa shape index (κ2) is 6.96. The zero-order chi connectivity index (χ0) is 14.7. The maximum atomic E-state index is 14.1. The second-order valence-corrected chi connectivity index (χ2v) is 6.18. The van der Waals surface area contributed by atoms with Crippen LogP contribution >= 0.6 is 15.9 Å². The van der Waals surface area contributed by atoms with Crippen molar-refractivity contribution in [2.75, 3.05) is 13.2 Å². The summed E-state index contributed by atoms with van der Waals surface area (Å²) in [5, 5.41) is 3.34. The summed E-state index contributed by atoms with van der Waals surface area (Å²) in [6.45, 7) is 5.45. The number of likely N-dealkylation sites (N-methyl/N-ethyl adjacent to an activating group) is 1. The predicted molar refractivity (Wildman–Crippen MR) is 78.7 cm³/mol. The van der Waals surface area contributed by atoms with Crippen LogP contribution in [0.4, 0.5) is 8.78 Å². The average molecular weight is 348 g/mol. The summed E-state index contributed by atoms with van der Waals surface area (Å²) < 4.78 is 33.8. The van der Waals surface area contributed by atoms with Crippen molar-refractivity contribution < 1.29 is 13.5 Å². The van der Waals surface area contributed by atoms with Crippen molar-refractivity contribution in [1.29, 1.82) is 0 Å². The Morgan fingerprint density at radius 2 is 2.20 bits per heavy atom. The van der Waals surface area contributed by atoms with Crippen molar-refractivity contribution in [3.8, 4) is 0 Å². The highest BCUT2D eigenvalue weighted by molar-refractivity contribution is 9.10. The van der Waals surface area contributed by atoms with E-state index >= 15 is 0 Å². The Balaban J connectivity index is 2.18. The van der Waals surface area contributed by atoms with Gasteiger partial charge in [0.05, 0.1) is 17.2 Å². The van der Waals surface area contributed by atoms with Gasteiger partial charge in [0.1, 0.15) is 11.6 Å². The minimum Gasteiger partial charge on any atom is -0.378 e. The van der Waals surface area contributed by atoms with E-state index in [-0.39, 0.29) is 17.7 Å². The molecule has 1 aromatic rings. The Hall–Kier alpha value is -0.520. The molecule has 1 N–H and O–H groups in total. The molecule has 3 atom stereocenters. The Kier molecular flexibility index (Phi) is 5.52. The normalized spacial score (nSPS) is 24.1. The Morgan fingerprint density at radius 1 is 1.45 bits per heavy atom. The lowest BCUT2D eigenvalue weighted by atomic mass is 9.91. The minimum atomic E-state index is -0.500. The highest BCUT2D eigenvalue weighted by Gasteiger charge is 2.30. The molecule has 0 aromatic heterocycles. The van der Waals surface area contributed by atoms with Crippen LogP contribution in [0, 0.1) is 17.6 Å². The van der Waals surface area contributed by atoms with Gasteiger partial charge >= 0.3 is 0 Å². The summed E-state index contributed by atoms with van der Waals surface area (Å²) in [5.74, 6) is -0.692. The number of nitrogens with one attached hydrogen (secondary N) is 1. The molecule has 1 aromatic carbocycles. The van der Waals surface area contributed by atoms with Gasteiger partial charge in [-0.1, -0.05) is 6.92 Å². The number of hydrogen-bond acceptors (Lipinski definition) is 2. The van der Waals surface area contributed by atoms with Crippen LogP contribution in [0.1, 0.15) is 25.8 Å². The van der Waals surface area contributed by atoms with Crippen molar-refractivity contribution in [3.05, 3.63) is 33.8 Å². The van der Waals surface area contributed by atoms with E-state index in [0.29, 0.717) is 23.4 Å². The van der Waals surface area contributed by atoms with Gasteiger partial charge in [0.25, 0.3) is 0 Å². The topological polar surface area (TPSA) is 21.3 Å². The molecule has 0 radical (unpaired) electrons. The molecule has 0 bridgehead atoms. The molecule has 3 unspecified atom stereocenters. The number of ether oxygens (including phenoxy) is 1. The molecule has 5 heteroatoms. The maximum Gasteiger partial charge on any atom is 0.143 e. The number of benzene rings is 1. The van der Waals surface area contributed by atoms with Crippen LogP contribution in [0.2, 0.25) is 0 Å². The first kappa shape index (κ1) is 15.9. The van der Waals surface area contributed by atoms with Crippen molar-refractivity contribution in [2.45, 2.75) is 38.8 Å². The molecule has 2 nitrogen and oxygen atoms in total. The van der Waals surface area contributed by atoms with Crippen molar-refractivity contribution in [1.82, 2.24) is 5.32 Å². The zero-order valence-electron chi connectivity index (χ0n) is 11.8. The fraction of sp³-hybridized carbons (Fsp3) is 0.600. The highest BCUT2D eigenvalue weighted by atomic mass is 79.9. The Bertz CT molecular complexity index is 469. The fourth-order valence-corrected chi connectivity index (χ4v) is 3.15. The summed E-state index contributed by atoms with van der Waals surface area (Å²) >= 11 is 3.12. The standard InChI is InChI=1S/C15H20BrF2NO/c1-3-19-14(10-6-9(2)20-8-10)7-11-13(17)5-4-12(16)15(11)18/h4-5,9-10,14,19H,3,6-8H2,1-2H3. The summed E-state index contributed by atoms with van der Waals surface area (Å²) in [4.78, 5) is 0. The number of rotatable bonds is 5. The Labute approximate surface area is 127 Å².